The van der Waals surface area contributed by atoms with Gasteiger partial charge in [-0.05, 0) is 32.9 Å². The van der Waals surface area contributed by atoms with Crippen LogP contribution in [0.3, 0.4) is 0 Å². The van der Waals surface area contributed by atoms with Crippen molar-refractivity contribution in [3.8, 4) is 11.5 Å². The van der Waals surface area contributed by atoms with Crippen molar-refractivity contribution in [1.29, 1.82) is 0 Å². The van der Waals surface area contributed by atoms with Crippen LogP contribution in [0.1, 0.15) is 20.8 Å². The van der Waals surface area contributed by atoms with Gasteiger partial charge in [-0.2, -0.15) is 0 Å². The van der Waals surface area contributed by atoms with Crippen LogP contribution in [-0.2, 0) is 9.59 Å². The summed E-state index contributed by atoms with van der Waals surface area (Å²) in [7, 11) is 2.99. The van der Waals surface area contributed by atoms with Crippen molar-refractivity contribution in [2.24, 2.45) is 0 Å². The lowest BCUT2D eigenvalue weighted by Gasteiger charge is -2.20. The first-order chi connectivity index (χ1) is 9.26. The summed E-state index contributed by atoms with van der Waals surface area (Å²) >= 11 is 0. The van der Waals surface area contributed by atoms with E-state index in [1.165, 1.54) is 14.2 Å². The molecule has 1 rings (SSSR count). The third kappa shape index (κ3) is 4.46. The van der Waals surface area contributed by atoms with E-state index in [-0.39, 0.29) is 0 Å². The van der Waals surface area contributed by atoms with Gasteiger partial charge in [0.2, 0.25) is 0 Å². The van der Waals surface area contributed by atoms with E-state index in [9.17, 15) is 9.59 Å². The van der Waals surface area contributed by atoms with Crippen LogP contribution in [0, 0.1) is 0 Å². The molecular formula is C14H20N2O4. The summed E-state index contributed by atoms with van der Waals surface area (Å²) in [5.41, 5.74) is -0.103. The monoisotopic (exact) mass is 280 g/mol. The van der Waals surface area contributed by atoms with Gasteiger partial charge in [0.25, 0.3) is 0 Å². The van der Waals surface area contributed by atoms with E-state index in [1.54, 1.807) is 39.0 Å². The SMILES string of the molecule is COc1ccc(OC)c(NC(=O)C(=O)NC(C)(C)C)c1. The van der Waals surface area contributed by atoms with E-state index >= 15 is 0 Å². The van der Waals surface area contributed by atoms with Crippen LogP contribution < -0.4 is 20.1 Å². The molecule has 1 aromatic carbocycles. The molecule has 0 aliphatic rings. The Hall–Kier alpha value is -2.24. The average molecular weight is 280 g/mol. The van der Waals surface area contributed by atoms with Crippen LogP contribution in [-0.4, -0.2) is 31.6 Å². The highest BCUT2D eigenvalue weighted by atomic mass is 16.5. The number of rotatable bonds is 3. The van der Waals surface area contributed by atoms with Gasteiger partial charge in [-0.3, -0.25) is 9.59 Å². The maximum absolute atomic E-state index is 11.8. The number of nitrogens with one attached hydrogen (secondary N) is 2. The molecule has 0 atom stereocenters. The number of amides is 2. The van der Waals surface area contributed by atoms with Gasteiger partial charge < -0.3 is 20.1 Å². The number of hydrogen-bond acceptors (Lipinski definition) is 4. The minimum atomic E-state index is -0.758. The molecule has 0 fully saturated rings. The lowest BCUT2D eigenvalue weighted by Crippen LogP contribution is -2.46. The fraction of sp³-hybridized carbons (Fsp3) is 0.429. The minimum Gasteiger partial charge on any atom is -0.497 e. The lowest BCUT2D eigenvalue weighted by molar-refractivity contribution is -0.137. The molecule has 2 amide bonds. The minimum absolute atomic E-state index is 0.376. The molecule has 0 aliphatic carbocycles. The second kappa shape index (κ2) is 6.27. The Bertz CT molecular complexity index is 506. The maximum atomic E-state index is 11.8. The van der Waals surface area contributed by atoms with Crippen molar-refractivity contribution in [2.45, 2.75) is 26.3 Å². The Morgan fingerprint density at radius 3 is 2.20 bits per heavy atom. The van der Waals surface area contributed by atoms with E-state index in [0.717, 1.165) is 0 Å². The predicted octanol–water partition coefficient (Wildman–Crippen LogP) is 1.56. The Morgan fingerprint density at radius 1 is 1.05 bits per heavy atom. The van der Waals surface area contributed by atoms with Crippen molar-refractivity contribution in [3.63, 3.8) is 0 Å². The Morgan fingerprint density at radius 2 is 1.70 bits per heavy atom. The van der Waals surface area contributed by atoms with Gasteiger partial charge in [-0.1, -0.05) is 0 Å². The summed E-state index contributed by atoms with van der Waals surface area (Å²) < 4.78 is 10.2. The Labute approximate surface area is 118 Å². The molecule has 0 radical (unpaired) electrons. The maximum Gasteiger partial charge on any atom is 0.313 e. The van der Waals surface area contributed by atoms with Crippen LogP contribution in [0.25, 0.3) is 0 Å². The van der Waals surface area contributed by atoms with Gasteiger partial charge in [0, 0.05) is 11.6 Å². The van der Waals surface area contributed by atoms with E-state index in [2.05, 4.69) is 10.6 Å². The first kappa shape index (κ1) is 15.8. The van der Waals surface area contributed by atoms with Crippen molar-refractivity contribution in [3.05, 3.63) is 18.2 Å². The fourth-order valence-corrected chi connectivity index (χ4v) is 1.49. The Kier molecular flexibility index (Phi) is 4.96. The van der Waals surface area contributed by atoms with Gasteiger partial charge in [-0.25, -0.2) is 0 Å². The third-order valence-electron chi connectivity index (χ3n) is 2.35. The number of carbonyl (C=O) groups excluding carboxylic acids is 2. The molecular weight excluding hydrogens is 260 g/mol. The molecule has 0 aliphatic heterocycles. The first-order valence-electron chi connectivity index (χ1n) is 6.12. The van der Waals surface area contributed by atoms with Gasteiger partial charge in [-0.15, -0.1) is 0 Å². The van der Waals surface area contributed by atoms with E-state index in [1.807, 2.05) is 0 Å². The summed E-state index contributed by atoms with van der Waals surface area (Å²) in [5, 5.41) is 5.08. The van der Waals surface area contributed by atoms with Crippen molar-refractivity contribution >= 4 is 17.5 Å². The molecule has 110 valence electrons. The molecule has 1 aromatic rings. The van der Waals surface area contributed by atoms with Gasteiger partial charge in [0.15, 0.2) is 0 Å². The summed E-state index contributed by atoms with van der Waals surface area (Å²) in [6, 6.07) is 4.93. The molecule has 0 saturated heterocycles. The van der Waals surface area contributed by atoms with E-state index in [4.69, 9.17) is 9.47 Å². The molecule has 6 nitrogen and oxygen atoms in total. The fourth-order valence-electron chi connectivity index (χ4n) is 1.49. The van der Waals surface area contributed by atoms with Gasteiger partial charge in [0.1, 0.15) is 11.5 Å². The number of carbonyl (C=O) groups is 2. The number of methoxy groups -OCH3 is 2. The molecule has 0 unspecified atom stereocenters. The summed E-state index contributed by atoms with van der Waals surface area (Å²) in [5.74, 6) is -0.464. The molecule has 0 spiro atoms. The topological polar surface area (TPSA) is 76.7 Å². The summed E-state index contributed by atoms with van der Waals surface area (Å²) in [4.78, 5) is 23.6. The molecule has 6 heteroatoms. The number of anilines is 1. The zero-order valence-corrected chi connectivity index (χ0v) is 12.4. The zero-order chi connectivity index (χ0) is 15.3. The number of ether oxygens (including phenoxy) is 2. The molecule has 2 N–H and O–H groups in total. The second-order valence-electron chi connectivity index (χ2n) is 5.22. The number of benzene rings is 1. The zero-order valence-electron chi connectivity index (χ0n) is 12.4. The first-order valence-corrected chi connectivity index (χ1v) is 6.12. The lowest BCUT2D eigenvalue weighted by atomic mass is 10.1. The van der Waals surface area contributed by atoms with Crippen molar-refractivity contribution in [1.82, 2.24) is 5.32 Å². The third-order valence-corrected chi connectivity index (χ3v) is 2.35. The standard InChI is InChI=1S/C14H20N2O4/c1-14(2,3)16-13(18)12(17)15-10-8-9(19-4)6-7-11(10)20-5/h6-8H,1-5H3,(H,15,17)(H,16,18). The summed E-state index contributed by atoms with van der Waals surface area (Å²) in [6.07, 6.45) is 0. The van der Waals surface area contributed by atoms with Gasteiger partial charge >= 0.3 is 11.8 Å². The smallest absolute Gasteiger partial charge is 0.313 e. The molecule has 20 heavy (non-hydrogen) atoms. The summed E-state index contributed by atoms with van der Waals surface area (Å²) in [6.45, 7) is 5.39. The number of hydrogen-bond donors (Lipinski definition) is 2. The van der Waals surface area contributed by atoms with Crippen LogP contribution >= 0.6 is 0 Å². The van der Waals surface area contributed by atoms with Crippen molar-refractivity contribution < 1.29 is 19.1 Å². The average Bonchev–Trinajstić information content (AvgIpc) is 2.36. The highest BCUT2D eigenvalue weighted by Gasteiger charge is 2.21. The molecule has 0 bridgehead atoms. The largest absolute Gasteiger partial charge is 0.497 e. The normalized spacial score (nSPS) is 10.7. The van der Waals surface area contributed by atoms with Crippen LogP contribution in [0.2, 0.25) is 0 Å². The molecule has 0 heterocycles. The molecule has 0 saturated carbocycles. The van der Waals surface area contributed by atoms with Crippen LogP contribution in [0.5, 0.6) is 11.5 Å². The quantitative estimate of drug-likeness (QED) is 0.824. The van der Waals surface area contributed by atoms with Crippen LogP contribution in [0.15, 0.2) is 18.2 Å². The van der Waals surface area contributed by atoms with Crippen LogP contribution in [0.4, 0.5) is 5.69 Å². The Balaban J connectivity index is 2.86. The van der Waals surface area contributed by atoms with Gasteiger partial charge in [0.05, 0.1) is 19.9 Å². The van der Waals surface area contributed by atoms with Crippen molar-refractivity contribution in [2.75, 3.05) is 19.5 Å². The molecule has 0 aromatic heterocycles. The van der Waals surface area contributed by atoms with E-state index < -0.39 is 17.4 Å². The predicted molar refractivity (Wildman–Crippen MR) is 76.1 cm³/mol. The highest BCUT2D eigenvalue weighted by molar-refractivity contribution is 6.40. The van der Waals surface area contributed by atoms with E-state index in [0.29, 0.717) is 17.2 Å². The second-order valence-corrected chi connectivity index (χ2v) is 5.22. The highest BCUT2D eigenvalue weighted by Crippen LogP contribution is 2.28.